The molecule has 11 nitrogen and oxygen atoms in total. The van der Waals surface area contributed by atoms with Crippen molar-refractivity contribution in [2.45, 2.75) is 81.1 Å². The van der Waals surface area contributed by atoms with E-state index in [9.17, 15) is 14.4 Å². The molecule has 260 valence electrons. The molecule has 0 aliphatic rings. The minimum Gasteiger partial charge on any atom is -0.414 e. The number of aryl methyl sites for hydroxylation is 1. The molecule has 0 spiro atoms. The lowest BCUT2D eigenvalue weighted by molar-refractivity contribution is -0.136. The molecule has 3 rings (SSSR count). The summed E-state index contributed by atoms with van der Waals surface area (Å²) in [5.74, 6) is -1.35. The van der Waals surface area contributed by atoms with Crippen molar-refractivity contribution < 1.29 is 28.4 Å². The summed E-state index contributed by atoms with van der Waals surface area (Å²) in [7, 11) is 0. The molecule has 1 aromatic carbocycles. The fourth-order valence-electron chi connectivity index (χ4n) is 3.54. The van der Waals surface area contributed by atoms with E-state index in [-0.39, 0.29) is 36.6 Å². The number of carbonyl (C=O) groups is 5. The van der Waals surface area contributed by atoms with Gasteiger partial charge in [-0.1, -0.05) is 78.8 Å². The monoisotopic (exact) mass is 653 g/mol. The number of nitrogens with zero attached hydrogens (tertiary/aromatic N) is 4. The Hall–Kier alpha value is -4.98. The summed E-state index contributed by atoms with van der Waals surface area (Å²) in [5, 5.41) is 10.2. The van der Waals surface area contributed by atoms with Gasteiger partial charge in [-0.25, -0.2) is 0 Å². The normalized spacial score (nSPS) is 9.23. The number of Topliss-reactive ketones (excluding diaryl/α,β-unsaturated/α-hetero) is 1. The molecule has 0 saturated carbocycles. The lowest BCUT2D eigenvalue weighted by Gasteiger charge is -2.22. The zero-order valence-electron chi connectivity index (χ0n) is 29.5. The molecule has 0 saturated heterocycles. The van der Waals surface area contributed by atoms with E-state index < -0.39 is 11.7 Å². The molecule has 0 aliphatic heterocycles. The summed E-state index contributed by atoms with van der Waals surface area (Å²) in [6, 6.07) is 13.8. The van der Waals surface area contributed by atoms with Crippen LogP contribution in [-0.4, -0.2) is 70.9 Å². The first-order valence-electron chi connectivity index (χ1n) is 15.7. The van der Waals surface area contributed by atoms with Crippen molar-refractivity contribution in [2.75, 3.05) is 19.6 Å². The Morgan fingerprint density at radius 1 is 0.872 bits per heavy atom. The molecule has 1 N–H and O–H groups in total. The van der Waals surface area contributed by atoms with Crippen LogP contribution in [-0.2, 0) is 25.6 Å². The van der Waals surface area contributed by atoms with Gasteiger partial charge >= 0.3 is 0 Å². The number of pyridine rings is 1. The Balaban J connectivity index is -0.000000426. The number of amides is 2. The van der Waals surface area contributed by atoms with Crippen LogP contribution in [0.1, 0.15) is 90.9 Å². The highest BCUT2D eigenvalue weighted by atomic mass is 16.4. The lowest BCUT2D eigenvalue weighted by atomic mass is 10.0. The highest BCUT2D eigenvalue weighted by Crippen LogP contribution is 2.16. The lowest BCUT2D eigenvalue weighted by Crippen LogP contribution is -2.39. The first kappa shape index (κ1) is 48.9. The molecule has 0 fully saturated rings. The molecule has 2 aromatic heterocycles. The second kappa shape index (κ2) is 35.5. The minimum absolute atomic E-state index is 0.0541. The maximum absolute atomic E-state index is 12.4. The third kappa shape index (κ3) is 21.4. The molecule has 0 bridgehead atoms. The van der Waals surface area contributed by atoms with Crippen LogP contribution >= 0.6 is 0 Å². The molecule has 2 amide bonds. The number of rotatable bonds is 12. The zero-order chi connectivity index (χ0) is 37.0. The number of hydrogen-bond acceptors (Lipinski definition) is 9. The molecule has 1 unspecified atom stereocenters. The Bertz CT molecular complexity index is 1180. The average molecular weight is 654 g/mol. The van der Waals surface area contributed by atoms with Gasteiger partial charge in [-0.2, -0.15) is 0 Å². The molecule has 3 aromatic rings. The third-order valence-corrected chi connectivity index (χ3v) is 5.78. The summed E-state index contributed by atoms with van der Waals surface area (Å²) in [4.78, 5) is 58.7. The van der Waals surface area contributed by atoms with Crippen LogP contribution in [0.25, 0.3) is 11.5 Å². The van der Waals surface area contributed by atoms with Crippen molar-refractivity contribution in [2.24, 2.45) is 5.92 Å². The van der Waals surface area contributed by atoms with E-state index in [0.29, 0.717) is 25.1 Å². The van der Waals surface area contributed by atoms with E-state index in [1.807, 2.05) is 68.1 Å². The summed E-state index contributed by atoms with van der Waals surface area (Å²) >= 11 is 0. The van der Waals surface area contributed by atoms with Crippen molar-refractivity contribution >= 4 is 31.2 Å². The van der Waals surface area contributed by atoms with Gasteiger partial charge in [0, 0.05) is 43.4 Å². The largest absolute Gasteiger partial charge is 0.414 e. The van der Waals surface area contributed by atoms with Crippen LogP contribution in [0.2, 0.25) is 0 Å². The first-order chi connectivity index (χ1) is 22.9. The standard InChI is InChI=1S/C20H27N5O4.C8H10.2C2H6.C2H2.2CH2O/c1-4-11-25(6-3)17(27)12-14(5-2)18(28)22-13-16(26)20-24-23-19(29-20)15-7-9-21-10-8-15;1-2-8-6-4-3-5-7-8;5*1-2/h7-10,14H,4-6,11-13H2,1-3H3,(H,22,28);3-7H,2H2,1H3;2*1-2H3;1-2H;2*1H2. The van der Waals surface area contributed by atoms with E-state index in [1.54, 1.807) is 29.4 Å². The van der Waals surface area contributed by atoms with Crippen molar-refractivity contribution in [1.82, 2.24) is 25.4 Å². The van der Waals surface area contributed by atoms with E-state index >= 15 is 0 Å². The van der Waals surface area contributed by atoms with Crippen LogP contribution in [0.15, 0.2) is 59.3 Å². The Labute approximate surface area is 282 Å². The van der Waals surface area contributed by atoms with Crippen molar-refractivity contribution in [3.63, 3.8) is 0 Å². The number of carbonyl (C=O) groups excluding carboxylic acids is 5. The molecule has 2 heterocycles. The highest BCUT2D eigenvalue weighted by Gasteiger charge is 2.24. The van der Waals surface area contributed by atoms with E-state index in [1.165, 1.54) is 5.56 Å². The van der Waals surface area contributed by atoms with Gasteiger partial charge in [0.15, 0.2) is 0 Å². The van der Waals surface area contributed by atoms with Crippen LogP contribution in [0.4, 0.5) is 0 Å². The van der Waals surface area contributed by atoms with Crippen molar-refractivity contribution in [3.8, 4) is 24.3 Å². The number of terminal acetylenes is 1. The van der Waals surface area contributed by atoms with E-state index in [4.69, 9.17) is 14.0 Å². The SMILES string of the molecule is C#C.C=O.C=O.CC.CC.CCCN(CC)C(=O)CC(CC)C(=O)NCC(=O)c1nnc(-c2ccncc2)o1.CCc1ccccc1. The van der Waals surface area contributed by atoms with Gasteiger partial charge < -0.3 is 24.2 Å². The molecule has 0 radical (unpaired) electrons. The van der Waals surface area contributed by atoms with Crippen molar-refractivity contribution in [1.29, 1.82) is 0 Å². The fourth-order valence-corrected chi connectivity index (χ4v) is 3.54. The Morgan fingerprint density at radius 2 is 1.43 bits per heavy atom. The second-order valence-corrected chi connectivity index (χ2v) is 8.41. The maximum atomic E-state index is 12.4. The topological polar surface area (TPSA) is 152 Å². The number of ketones is 1. The van der Waals surface area contributed by atoms with Gasteiger partial charge in [-0.15, -0.1) is 23.0 Å². The van der Waals surface area contributed by atoms with E-state index in [2.05, 4.69) is 64.5 Å². The molecule has 11 heteroatoms. The summed E-state index contributed by atoms with van der Waals surface area (Å²) < 4.78 is 5.38. The zero-order valence-corrected chi connectivity index (χ0v) is 29.5. The number of aromatic nitrogens is 3. The number of benzene rings is 1. The van der Waals surface area contributed by atoms with Crippen LogP contribution in [0.3, 0.4) is 0 Å². The summed E-state index contributed by atoms with van der Waals surface area (Å²) in [6.45, 7) is 20.9. The highest BCUT2D eigenvalue weighted by molar-refractivity contribution is 5.96. The van der Waals surface area contributed by atoms with Crippen LogP contribution < -0.4 is 5.32 Å². The number of hydrogen-bond donors (Lipinski definition) is 1. The van der Waals surface area contributed by atoms with Crippen molar-refractivity contribution in [3.05, 3.63) is 66.3 Å². The molecular formula is C36H55N5O6. The van der Waals surface area contributed by atoms with Gasteiger partial charge in [-0.05, 0) is 43.9 Å². The van der Waals surface area contributed by atoms with Gasteiger partial charge in [0.1, 0.15) is 13.6 Å². The summed E-state index contributed by atoms with van der Waals surface area (Å²) in [5.41, 5.74) is 2.06. The maximum Gasteiger partial charge on any atom is 0.286 e. The Kier molecular flexibility index (Phi) is 36.9. The van der Waals surface area contributed by atoms with Crippen LogP contribution in [0, 0.1) is 18.8 Å². The van der Waals surface area contributed by atoms with Crippen LogP contribution in [0.5, 0.6) is 0 Å². The first-order valence-corrected chi connectivity index (χ1v) is 15.7. The second-order valence-electron chi connectivity index (χ2n) is 8.41. The smallest absolute Gasteiger partial charge is 0.286 e. The van der Waals surface area contributed by atoms with Gasteiger partial charge in [0.05, 0.1) is 6.54 Å². The average Bonchev–Trinajstić information content (AvgIpc) is 3.67. The van der Waals surface area contributed by atoms with Gasteiger partial charge in [0.25, 0.3) is 5.89 Å². The van der Waals surface area contributed by atoms with Gasteiger partial charge in [0.2, 0.25) is 23.5 Å². The number of nitrogens with one attached hydrogen (secondary N) is 1. The molecule has 1 atom stereocenters. The van der Waals surface area contributed by atoms with E-state index in [0.717, 1.165) is 12.8 Å². The quantitative estimate of drug-likeness (QED) is 0.176. The predicted octanol–water partition coefficient (Wildman–Crippen LogP) is 6.29. The third-order valence-electron chi connectivity index (χ3n) is 5.78. The fraction of sp³-hybridized carbons (Fsp3) is 0.444. The molecule has 0 aliphatic carbocycles. The minimum atomic E-state index is -0.492. The predicted molar refractivity (Wildman–Crippen MR) is 188 cm³/mol. The molecular weight excluding hydrogens is 598 g/mol. The summed E-state index contributed by atoms with van der Waals surface area (Å²) in [6.07, 6.45) is 13.8. The molecule has 47 heavy (non-hydrogen) atoms. The Morgan fingerprint density at radius 3 is 1.87 bits per heavy atom. The van der Waals surface area contributed by atoms with Gasteiger partial charge in [-0.3, -0.25) is 19.4 Å².